The van der Waals surface area contributed by atoms with Gasteiger partial charge in [-0.1, -0.05) is 0 Å². The average molecular weight is 403 g/mol. The minimum atomic E-state index is -4.55. The first-order valence-corrected chi connectivity index (χ1v) is 8.55. The number of aromatic amines is 1. The molecule has 29 heavy (non-hydrogen) atoms. The van der Waals surface area contributed by atoms with Crippen LogP contribution >= 0.6 is 0 Å². The molecule has 4 rings (SSSR count). The highest BCUT2D eigenvalue weighted by atomic mass is 19.4. The topological polar surface area (TPSA) is 123 Å². The van der Waals surface area contributed by atoms with E-state index in [0.29, 0.717) is 11.4 Å². The van der Waals surface area contributed by atoms with Gasteiger partial charge < -0.3 is 20.4 Å². The van der Waals surface area contributed by atoms with Crippen LogP contribution in [0.2, 0.25) is 0 Å². The van der Waals surface area contributed by atoms with Gasteiger partial charge in [0.2, 0.25) is 17.7 Å². The third-order valence-electron chi connectivity index (χ3n) is 4.30. The molecule has 0 aliphatic rings. The van der Waals surface area contributed by atoms with Crippen LogP contribution in [0, 0.1) is 6.92 Å². The van der Waals surface area contributed by atoms with Crippen LogP contribution in [0.25, 0.3) is 16.9 Å². The van der Waals surface area contributed by atoms with Crippen molar-refractivity contribution in [3.05, 3.63) is 48.1 Å². The van der Waals surface area contributed by atoms with E-state index in [1.807, 2.05) is 29.7 Å². The molecule has 0 bridgehead atoms. The van der Waals surface area contributed by atoms with Gasteiger partial charge in [0, 0.05) is 11.8 Å². The molecular weight excluding hydrogens is 387 g/mol. The molecule has 0 spiro atoms. The molecule has 0 aromatic carbocycles. The Morgan fingerprint density at radius 2 is 1.93 bits per heavy atom. The molecule has 4 heterocycles. The Morgan fingerprint density at radius 1 is 1.14 bits per heavy atom. The number of nitrogens with zero attached hydrogens (tertiary/aromatic N) is 6. The fraction of sp³-hybridized carbons (Fsp3) is 0.235. The van der Waals surface area contributed by atoms with E-state index in [-0.39, 0.29) is 17.6 Å². The van der Waals surface area contributed by atoms with E-state index in [1.165, 1.54) is 0 Å². The molecule has 1 atom stereocenters. The largest absolute Gasteiger partial charge is 0.449 e. The van der Waals surface area contributed by atoms with Gasteiger partial charge in [0.15, 0.2) is 5.82 Å². The summed E-state index contributed by atoms with van der Waals surface area (Å²) < 4.78 is 40.1. The van der Waals surface area contributed by atoms with Crippen LogP contribution in [0.3, 0.4) is 0 Å². The number of alkyl halides is 3. The van der Waals surface area contributed by atoms with E-state index in [9.17, 15) is 13.2 Å². The van der Waals surface area contributed by atoms with Gasteiger partial charge >= 0.3 is 6.18 Å². The molecule has 0 aliphatic carbocycles. The molecule has 0 saturated heterocycles. The van der Waals surface area contributed by atoms with E-state index >= 15 is 0 Å². The summed E-state index contributed by atoms with van der Waals surface area (Å²) in [7, 11) is 0. The molecule has 9 nitrogen and oxygen atoms in total. The van der Waals surface area contributed by atoms with Crippen LogP contribution in [-0.4, -0.2) is 34.3 Å². The first-order chi connectivity index (χ1) is 13.7. The van der Waals surface area contributed by atoms with Gasteiger partial charge in [0.05, 0.1) is 29.6 Å². The van der Waals surface area contributed by atoms with Crippen molar-refractivity contribution in [3.8, 4) is 11.4 Å². The summed E-state index contributed by atoms with van der Waals surface area (Å²) in [5.74, 6) is 0.165. The fourth-order valence-electron chi connectivity index (χ4n) is 2.81. The number of rotatable bonds is 4. The molecule has 4 aromatic heterocycles. The highest BCUT2D eigenvalue weighted by Gasteiger charge is 2.34. The van der Waals surface area contributed by atoms with Gasteiger partial charge in [-0.3, -0.25) is 0 Å². The Morgan fingerprint density at radius 3 is 2.66 bits per heavy atom. The Kier molecular flexibility index (Phi) is 4.32. The van der Waals surface area contributed by atoms with E-state index < -0.39 is 18.0 Å². The van der Waals surface area contributed by atoms with Gasteiger partial charge in [-0.2, -0.15) is 28.1 Å². The lowest BCUT2D eigenvalue weighted by atomic mass is 10.2. The third-order valence-corrected chi connectivity index (χ3v) is 4.30. The molecule has 0 radical (unpaired) electrons. The van der Waals surface area contributed by atoms with Crippen LogP contribution in [-0.2, 0) is 6.18 Å². The highest BCUT2D eigenvalue weighted by molar-refractivity contribution is 5.61. The molecular formula is C17H16F3N9. The van der Waals surface area contributed by atoms with Crippen LogP contribution in [0.5, 0.6) is 0 Å². The molecule has 150 valence electrons. The number of fused-ring (bicyclic) bond motifs is 1. The minimum absolute atomic E-state index is 0.0206. The minimum Gasteiger partial charge on any atom is -0.368 e. The molecule has 0 fully saturated rings. The average Bonchev–Trinajstić information content (AvgIpc) is 3.28. The Balaban J connectivity index is 1.62. The maximum absolute atomic E-state index is 12.7. The molecule has 4 aromatic rings. The number of pyridine rings is 1. The fourth-order valence-corrected chi connectivity index (χ4v) is 2.81. The van der Waals surface area contributed by atoms with Crippen molar-refractivity contribution in [1.82, 2.24) is 34.3 Å². The van der Waals surface area contributed by atoms with Crippen LogP contribution in [0.15, 0.2) is 30.7 Å². The molecule has 12 heteroatoms. The molecule has 0 saturated carbocycles. The van der Waals surface area contributed by atoms with Gasteiger partial charge in [-0.25, -0.2) is 9.97 Å². The monoisotopic (exact) mass is 403 g/mol. The van der Waals surface area contributed by atoms with E-state index in [0.717, 1.165) is 17.5 Å². The number of nitrogen functional groups attached to an aromatic ring is 1. The molecule has 1 unspecified atom stereocenters. The van der Waals surface area contributed by atoms with Gasteiger partial charge in [0.25, 0.3) is 0 Å². The number of imidazole rings is 2. The third kappa shape index (κ3) is 3.68. The van der Waals surface area contributed by atoms with Crippen molar-refractivity contribution < 1.29 is 13.2 Å². The zero-order chi connectivity index (χ0) is 20.8. The normalized spacial score (nSPS) is 13.0. The SMILES string of the molecule is Cc1ncc2ccc(-c3nc(N)nc(NC(C)c4cnc(C(F)(F)F)[nH]4)n3)cn12. The van der Waals surface area contributed by atoms with Crippen molar-refractivity contribution in [2.75, 3.05) is 11.1 Å². The first-order valence-electron chi connectivity index (χ1n) is 8.55. The summed E-state index contributed by atoms with van der Waals surface area (Å²) in [6.45, 7) is 3.51. The van der Waals surface area contributed by atoms with E-state index in [2.05, 4.69) is 35.2 Å². The quantitative estimate of drug-likeness (QED) is 0.479. The maximum atomic E-state index is 12.7. The zero-order valence-electron chi connectivity index (χ0n) is 15.4. The predicted octanol–water partition coefficient (Wildman–Crippen LogP) is 2.99. The Hall–Kier alpha value is -3.70. The van der Waals surface area contributed by atoms with E-state index in [1.54, 1.807) is 13.1 Å². The van der Waals surface area contributed by atoms with Crippen molar-refractivity contribution in [2.45, 2.75) is 26.1 Å². The number of anilines is 2. The number of nitrogens with one attached hydrogen (secondary N) is 2. The summed E-state index contributed by atoms with van der Waals surface area (Å²) in [4.78, 5) is 22.4. The number of nitrogens with two attached hydrogens (primary N) is 1. The van der Waals surface area contributed by atoms with Gasteiger partial charge in [-0.15, -0.1) is 0 Å². The molecule has 4 N–H and O–H groups in total. The number of hydrogen-bond acceptors (Lipinski definition) is 7. The van der Waals surface area contributed by atoms with Crippen molar-refractivity contribution >= 4 is 17.4 Å². The van der Waals surface area contributed by atoms with Crippen molar-refractivity contribution in [2.24, 2.45) is 0 Å². The van der Waals surface area contributed by atoms with Crippen LogP contribution < -0.4 is 11.1 Å². The zero-order valence-corrected chi connectivity index (χ0v) is 15.4. The number of H-pyrrole nitrogens is 1. The lowest BCUT2D eigenvalue weighted by Gasteiger charge is -2.13. The summed E-state index contributed by atoms with van der Waals surface area (Å²) in [5, 5.41) is 2.92. The Bertz CT molecular complexity index is 1180. The maximum Gasteiger partial charge on any atom is 0.449 e. The number of halogens is 3. The van der Waals surface area contributed by atoms with Crippen LogP contribution in [0.4, 0.5) is 25.1 Å². The lowest BCUT2D eigenvalue weighted by Crippen LogP contribution is -2.13. The first kappa shape index (κ1) is 18.7. The predicted molar refractivity (Wildman–Crippen MR) is 98.8 cm³/mol. The second-order valence-corrected chi connectivity index (χ2v) is 6.41. The smallest absolute Gasteiger partial charge is 0.368 e. The summed E-state index contributed by atoms with van der Waals surface area (Å²) in [6, 6.07) is 3.11. The second-order valence-electron chi connectivity index (χ2n) is 6.41. The highest BCUT2D eigenvalue weighted by Crippen LogP contribution is 2.28. The number of hydrogen-bond donors (Lipinski definition) is 3. The standard InChI is InChI=1S/C17H16F3N9/c1-8(12-6-23-14(25-12)17(18,19)20)24-16-27-13(26-15(21)28-16)10-3-4-11-5-22-9(2)29(11)7-10/h3-8H,1-2H3,(H,23,25)(H3,21,24,26,27,28). The lowest BCUT2D eigenvalue weighted by molar-refractivity contribution is -0.144. The Labute approximate surface area is 162 Å². The molecule has 0 aliphatic heterocycles. The van der Waals surface area contributed by atoms with E-state index in [4.69, 9.17) is 5.73 Å². The van der Waals surface area contributed by atoms with Gasteiger partial charge in [-0.05, 0) is 26.0 Å². The molecule has 0 amide bonds. The van der Waals surface area contributed by atoms with Crippen LogP contribution in [0.1, 0.15) is 30.3 Å². The second kappa shape index (κ2) is 6.72. The number of aromatic nitrogens is 7. The van der Waals surface area contributed by atoms with Crippen molar-refractivity contribution in [3.63, 3.8) is 0 Å². The summed E-state index contributed by atoms with van der Waals surface area (Å²) >= 11 is 0. The van der Waals surface area contributed by atoms with Gasteiger partial charge in [0.1, 0.15) is 5.82 Å². The summed E-state index contributed by atoms with van der Waals surface area (Å²) in [5.41, 5.74) is 7.64. The number of aryl methyl sites for hydroxylation is 1. The summed E-state index contributed by atoms with van der Waals surface area (Å²) in [6.07, 6.45) is 0.133. The van der Waals surface area contributed by atoms with Crippen molar-refractivity contribution in [1.29, 1.82) is 0 Å².